The molecule has 0 spiro atoms. The Labute approximate surface area is 117 Å². The Morgan fingerprint density at radius 1 is 1.60 bits per heavy atom. The number of esters is 1. The van der Waals surface area contributed by atoms with E-state index in [1.165, 1.54) is 0 Å². The van der Waals surface area contributed by atoms with Crippen LogP contribution in [0.2, 0.25) is 0 Å². The second-order valence-corrected chi connectivity index (χ2v) is 4.02. The number of carbonyl (C=O) groups excluding carboxylic acids is 1. The Morgan fingerprint density at radius 2 is 2.40 bits per heavy atom. The van der Waals surface area contributed by atoms with Crippen molar-refractivity contribution in [1.82, 2.24) is 10.7 Å². The zero-order valence-electron chi connectivity index (χ0n) is 11.3. The molecule has 0 amide bonds. The summed E-state index contributed by atoms with van der Waals surface area (Å²) in [7, 11) is 0. The molecule has 110 valence electrons. The molecule has 1 unspecified atom stereocenters. The van der Waals surface area contributed by atoms with Gasteiger partial charge in [-0.15, -0.1) is 0 Å². The lowest BCUT2D eigenvalue weighted by Gasteiger charge is -2.17. The lowest BCUT2D eigenvalue weighted by atomic mass is 10.2. The smallest absolute Gasteiger partial charge is 0.329 e. The predicted octanol–water partition coefficient (Wildman–Crippen LogP) is 0.402. The van der Waals surface area contributed by atoms with Crippen LogP contribution in [0.1, 0.15) is 19.8 Å². The number of hydrazone groups is 1. The van der Waals surface area contributed by atoms with Crippen LogP contribution in [0.5, 0.6) is 0 Å². The number of carboxylic acids is 1. The SMILES string of the molecule is CCOC(=O)C(CC(=O)O)NC1=CC/C=N\NCC=C1. The molecule has 0 aromatic carbocycles. The summed E-state index contributed by atoms with van der Waals surface area (Å²) in [6, 6.07) is -0.908. The number of aliphatic carboxylic acids is 1. The summed E-state index contributed by atoms with van der Waals surface area (Å²) in [5.41, 5.74) is 3.48. The molecule has 0 aromatic heterocycles. The van der Waals surface area contributed by atoms with Gasteiger partial charge < -0.3 is 20.6 Å². The van der Waals surface area contributed by atoms with Crippen molar-refractivity contribution < 1.29 is 19.4 Å². The molecule has 0 aliphatic carbocycles. The molecule has 1 rings (SSSR count). The number of nitrogens with zero attached hydrogens (tertiary/aromatic N) is 1. The van der Waals surface area contributed by atoms with Crippen molar-refractivity contribution in [3.8, 4) is 0 Å². The molecule has 0 bridgehead atoms. The monoisotopic (exact) mass is 281 g/mol. The number of nitrogens with one attached hydrogen (secondary N) is 2. The summed E-state index contributed by atoms with van der Waals surface area (Å²) in [5, 5.41) is 15.7. The van der Waals surface area contributed by atoms with E-state index in [0.29, 0.717) is 18.7 Å². The highest BCUT2D eigenvalue weighted by atomic mass is 16.5. The maximum absolute atomic E-state index is 11.7. The first-order chi connectivity index (χ1) is 9.63. The van der Waals surface area contributed by atoms with E-state index in [1.807, 2.05) is 12.2 Å². The molecular formula is C13H19N3O4. The molecule has 1 aliphatic heterocycles. The maximum Gasteiger partial charge on any atom is 0.329 e. The summed E-state index contributed by atoms with van der Waals surface area (Å²) in [6.45, 7) is 2.44. The number of ether oxygens (including phenoxy) is 1. The van der Waals surface area contributed by atoms with E-state index < -0.39 is 18.0 Å². The van der Waals surface area contributed by atoms with Gasteiger partial charge in [0.05, 0.1) is 19.6 Å². The second-order valence-electron chi connectivity index (χ2n) is 4.02. The van der Waals surface area contributed by atoms with Crippen LogP contribution >= 0.6 is 0 Å². The number of allylic oxidation sites excluding steroid dienone is 2. The molecule has 0 saturated heterocycles. The summed E-state index contributed by atoms with van der Waals surface area (Å²) in [6.07, 6.45) is 7.34. The number of carboxylic acid groups (broad SMARTS) is 1. The van der Waals surface area contributed by atoms with Crippen LogP contribution in [0, 0.1) is 0 Å². The molecule has 1 heterocycles. The van der Waals surface area contributed by atoms with Gasteiger partial charge in [-0.25, -0.2) is 4.79 Å². The molecule has 20 heavy (non-hydrogen) atoms. The highest BCUT2D eigenvalue weighted by molar-refractivity contribution is 5.82. The maximum atomic E-state index is 11.7. The van der Waals surface area contributed by atoms with Crippen LogP contribution < -0.4 is 10.7 Å². The van der Waals surface area contributed by atoms with Crippen LogP contribution in [0.3, 0.4) is 0 Å². The quantitative estimate of drug-likeness (QED) is 0.609. The van der Waals surface area contributed by atoms with Gasteiger partial charge in [0.2, 0.25) is 0 Å². The summed E-state index contributed by atoms with van der Waals surface area (Å²) >= 11 is 0. The van der Waals surface area contributed by atoms with Crippen LogP contribution in [0.15, 0.2) is 29.0 Å². The highest BCUT2D eigenvalue weighted by Gasteiger charge is 2.23. The lowest BCUT2D eigenvalue weighted by molar-refractivity contribution is -0.149. The minimum Gasteiger partial charge on any atom is -0.481 e. The van der Waals surface area contributed by atoms with Crippen LogP contribution in [0.25, 0.3) is 0 Å². The van der Waals surface area contributed by atoms with Gasteiger partial charge in [-0.05, 0) is 13.0 Å². The molecule has 7 heteroatoms. The molecular weight excluding hydrogens is 262 g/mol. The molecule has 0 fully saturated rings. The van der Waals surface area contributed by atoms with Gasteiger partial charge in [-0.2, -0.15) is 5.10 Å². The first kappa shape index (κ1) is 15.7. The van der Waals surface area contributed by atoms with Gasteiger partial charge in [-0.1, -0.05) is 12.2 Å². The van der Waals surface area contributed by atoms with Gasteiger partial charge in [0, 0.05) is 18.3 Å². The second kappa shape index (κ2) is 8.73. The van der Waals surface area contributed by atoms with Crippen LogP contribution in [0.4, 0.5) is 0 Å². The zero-order chi connectivity index (χ0) is 14.8. The molecule has 1 atom stereocenters. The Bertz CT molecular complexity index is 429. The Balaban J connectivity index is 2.75. The van der Waals surface area contributed by atoms with E-state index in [1.54, 1.807) is 19.2 Å². The highest BCUT2D eigenvalue weighted by Crippen LogP contribution is 2.03. The topological polar surface area (TPSA) is 100 Å². The fourth-order valence-corrected chi connectivity index (χ4v) is 1.58. The third-order valence-electron chi connectivity index (χ3n) is 2.42. The van der Waals surface area contributed by atoms with Crippen molar-refractivity contribution in [2.75, 3.05) is 13.2 Å². The van der Waals surface area contributed by atoms with E-state index in [9.17, 15) is 9.59 Å². The lowest BCUT2D eigenvalue weighted by Crippen LogP contribution is -2.39. The molecule has 1 aliphatic rings. The molecule has 0 radical (unpaired) electrons. The molecule has 0 saturated carbocycles. The van der Waals surface area contributed by atoms with Crippen molar-refractivity contribution in [2.24, 2.45) is 5.10 Å². The number of hydrogen-bond acceptors (Lipinski definition) is 6. The van der Waals surface area contributed by atoms with E-state index >= 15 is 0 Å². The van der Waals surface area contributed by atoms with Gasteiger partial charge in [-0.3, -0.25) is 4.79 Å². The van der Waals surface area contributed by atoms with Crippen molar-refractivity contribution in [1.29, 1.82) is 0 Å². The standard InChI is InChI=1S/C13H19N3O4/c1-2-20-13(19)11(9-12(17)18)16-10-5-3-7-14-15-8-4-6-10/h3,5-6,8,11,14,16H,2,4,7,9H2,1H3,(H,17,18)/b5-3?,10-6?,15-8-. The van der Waals surface area contributed by atoms with Gasteiger partial charge in [0.25, 0.3) is 0 Å². The number of carbonyl (C=O) groups is 2. The predicted molar refractivity (Wildman–Crippen MR) is 74.1 cm³/mol. The minimum absolute atomic E-state index is 0.210. The first-order valence-corrected chi connectivity index (χ1v) is 6.39. The zero-order valence-corrected chi connectivity index (χ0v) is 11.3. The average Bonchev–Trinajstić information content (AvgIpc) is 2.51. The van der Waals surface area contributed by atoms with E-state index in [4.69, 9.17) is 9.84 Å². The average molecular weight is 281 g/mol. The Hall–Kier alpha value is -2.31. The van der Waals surface area contributed by atoms with Crippen molar-refractivity contribution >= 4 is 18.2 Å². The summed E-state index contributed by atoms with van der Waals surface area (Å²) in [5.74, 6) is -1.64. The van der Waals surface area contributed by atoms with Crippen molar-refractivity contribution in [3.05, 3.63) is 23.9 Å². The normalized spacial score (nSPS) is 17.6. The summed E-state index contributed by atoms with van der Waals surface area (Å²) < 4.78 is 4.87. The van der Waals surface area contributed by atoms with Gasteiger partial charge >= 0.3 is 11.9 Å². The van der Waals surface area contributed by atoms with E-state index in [2.05, 4.69) is 15.8 Å². The largest absolute Gasteiger partial charge is 0.481 e. The minimum atomic E-state index is -1.06. The first-order valence-electron chi connectivity index (χ1n) is 6.39. The van der Waals surface area contributed by atoms with Crippen LogP contribution in [-0.4, -0.2) is 42.5 Å². The third-order valence-corrected chi connectivity index (χ3v) is 2.42. The fourth-order valence-electron chi connectivity index (χ4n) is 1.58. The Morgan fingerprint density at radius 3 is 3.10 bits per heavy atom. The van der Waals surface area contributed by atoms with E-state index in [0.717, 1.165) is 0 Å². The fraction of sp³-hybridized carbons (Fsp3) is 0.462. The number of rotatable bonds is 6. The van der Waals surface area contributed by atoms with Crippen LogP contribution in [-0.2, 0) is 14.3 Å². The third kappa shape index (κ3) is 6.03. The molecule has 3 N–H and O–H groups in total. The molecule has 7 nitrogen and oxygen atoms in total. The molecule has 0 aromatic rings. The summed E-state index contributed by atoms with van der Waals surface area (Å²) in [4.78, 5) is 22.6. The van der Waals surface area contributed by atoms with E-state index in [-0.39, 0.29) is 13.0 Å². The number of hydrogen-bond donors (Lipinski definition) is 3. The van der Waals surface area contributed by atoms with Crippen molar-refractivity contribution in [3.63, 3.8) is 0 Å². The van der Waals surface area contributed by atoms with Gasteiger partial charge in [0.15, 0.2) is 0 Å². The Kier molecular flexibility index (Phi) is 6.88. The van der Waals surface area contributed by atoms with Gasteiger partial charge in [0.1, 0.15) is 6.04 Å². The van der Waals surface area contributed by atoms with Crippen molar-refractivity contribution in [2.45, 2.75) is 25.8 Å².